The van der Waals surface area contributed by atoms with E-state index in [9.17, 15) is 0 Å². The zero-order valence-corrected chi connectivity index (χ0v) is 14.1. The van der Waals surface area contributed by atoms with E-state index in [0.29, 0.717) is 6.61 Å². The summed E-state index contributed by atoms with van der Waals surface area (Å²) in [4.78, 5) is 1.35. The number of hydrogen-bond acceptors (Lipinski definition) is 3. The van der Waals surface area contributed by atoms with Crippen molar-refractivity contribution in [3.8, 4) is 5.75 Å². The molecule has 3 aromatic rings. The number of hydrogen-bond donors (Lipinski definition) is 1. The maximum atomic E-state index is 5.80. The van der Waals surface area contributed by atoms with E-state index in [1.54, 1.807) is 11.3 Å². The van der Waals surface area contributed by atoms with Crippen LogP contribution in [0.2, 0.25) is 0 Å². The second kappa shape index (κ2) is 8.18. The lowest BCUT2D eigenvalue weighted by molar-refractivity contribution is -0.00000465. The largest absolute Gasteiger partial charge is 1.00 e. The van der Waals surface area contributed by atoms with Crippen LogP contribution in [-0.4, -0.2) is 6.61 Å². The Bertz CT molecular complexity index is 712. The lowest BCUT2D eigenvalue weighted by Crippen LogP contribution is -3.00. The molecule has 0 bridgehead atoms. The van der Waals surface area contributed by atoms with Crippen LogP contribution in [0.3, 0.4) is 0 Å². The standard InChI is InChI=1S/C18H19NOS.ClH/c1-2-20-18-10-9-14-6-3-4-8-16(14)17(18)13-19-12-15-7-5-11-21-15;/h3-11,19H,2,12-13H2,1H3;1H/p-1. The molecule has 4 heteroatoms. The normalized spacial score (nSPS) is 10.4. The number of halogens is 1. The van der Waals surface area contributed by atoms with Crippen LogP contribution in [-0.2, 0) is 13.1 Å². The first-order valence-corrected chi connectivity index (χ1v) is 8.13. The van der Waals surface area contributed by atoms with Gasteiger partial charge in [0.1, 0.15) is 5.75 Å². The van der Waals surface area contributed by atoms with E-state index in [0.717, 1.165) is 18.8 Å². The van der Waals surface area contributed by atoms with Gasteiger partial charge < -0.3 is 22.5 Å². The SMILES string of the molecule is CCOc1ccc2ccccc2c1CNCc1cccs1.[Cl-]. The van der Waals surface area contributed by atoms with Crippen molar-refractivity contribution < 1.29 is 17.1 Å². The van der Waals surface area contributed by atoms with Crippen molar-refractivity contribution in [1.29, 1.82) is 0 Å². The fourth-order valence-electron chi connectivity index (χ4n) is 2.51. The highest BCUT2D eigenvalue weighted by Gasteiger charge is 2.08. The van der Waals surface area contributed by atoms with E-state index in [2.05, 4.69) is 59.2 Å². The van der Waals surface area contributed by atoms with Gasteiger partial charge in [0.2, 0.25) is 0 Å². The van der Waals surface area contributed by atoms with Gasteiger partial charge in [-0.15, -0.1) is 11.3 Å². The smallest absolute Gasteiger partial charge is 0.124 e. The van der Waals surface area contributed by atoms with Crippen LogP contribution in [0.1, 0.15) is 17.4 Å². The molecular weight excluding hydrogens is 314 g/mol. The van der Waals surface area contributed by atoms with Crippen molar-refractivity contribution in [1.82, 2.24) is 5.32 Å². The van der Waals surface area contributed by atoms with Crippen LogP contribution in [0.5, 0.6) is 5.75 Å². The molecule has 3 rings (SSSR count). The molecule has 0 aliphatic carbocycles. The number of nitrogens with one attached hydrogen (secondary N) is 1. The zero-order chi connectivity index (χ0) is 14.5. The van der Waals surface area contributed by atoms with Gasteiger partial charge in [0.15, 0.2) is 0 Å². The highest BCUT2D eigenvalue weighted by molar-refractivity contribution is 7.09. The first-order valence-electron chi connectivity index (χ1n) is 7.25. The fourth-order valence-corrected chi connectivity index (χ4v) is 3.19. The van der Waals surface area contributed by atoms with E-state index in [1.165, 1.54) is 21.2 Å². The third-order valence-electron chi connectivity index (χ3n) is 3.48. The van der Waals surface area contributed by atoms with Gasteiger partial charge in [0, 0.05) is 23.5 Å². The molecule has 1 heterocycles. The summed E-state index contributed by atoms with van der Waals surface area (Å²) in [5, 5.41) is 8.16. The Balaban J connectivity index is 0.00000176. The van der Waals surface area contributed by atoms with E-state index in [-0.39, 0.29) is 12.4 Å². The number of fused-ring (bicyclic) bond motifs is 1. The minimum atomic E-state index is 0. The van der Waals surface area contributed by atoms with Crippen LogP contribution in [0, 0.1) is 0 Å². The first-order chi connectivity index (χ1) is 10.4. The molecule has 0 unspecified atom stereocenters. The zero-order valence-electron chi connectivity index (χ0n) is 12.5. The molecule has 1 N–H and O–H groups in total. The quantitative estimate of drug-likeness (QED) is 0.740. The van der Waals surface area contributed by atoms with Gasteiger partial charge >= 0.3 is 0 Å². The van der Waals surface area contributed by atoms with Crippen molar-refractivity contribution in [2.75, 3.05) is 6.61 Å². The molecule has 0 saturated heterocycles. The second-order valence-corrected chi connectivity index (χ2v) is 5.91. The molecular formula is C18H19ClNOS-. The third kappa shape index (κ3) is 3.80. The molecule has 0 saturated carbocycles. The Kier molecular flexibility index (Phi) is 6.25. The number of benzene rings is 2. The maximum Gasteiger partial charge on any atom is 0.124 e. The molecule has 1 aromatic heterocycles. The van der Waals surface area contributed by atoms with Crippen molar-refractivity contribution in [2.24, 2.45) is 0 Å². The van der Waals surface area contributed by atoms with E-state index in [1.807, 2.05) is 6.92 Å². The van der Waals surface area contributed by atoms with Crippen LogP contribution in [0.25, 0.3) is 10.8 Å². The molecule has 0 fully saturated rings. The first kappa shape index (κ1) is 16.8. The van der Waals surface area contributed by atoms with Gasteiger partial charge in [0.25, 0.3) is 0 Å². The molecule has 0 aliphatic rings. The summed E-state index contributed by atoms with van der Waals surface area (Å²) in [6, 6.07) is 16.9. The molecule has 2 aromatic carbocycles. The average Bonchev–Trinajstić information content (AvgIpc) is 3.02. The summed E-state index contributed by atoms with van der Waals surface area (Å²) in [5.74, 6) is 0.981. The van der Waals surface area contributed by atoms with Gasteiger partial charge in [0.05, 0.1) is 6.61 Å². The summed E-state index contributed by atoms with van der Waals surface area (Å²) >= 11 is 1.78. The summed E-state index contributed by atoms with van der Waals surface area (Å²) in [5.41, 5.74) is 1.24. The molecule has 0 amide bonds. The number of ether oxygens (including phenoxy) is 1. The van der Waals surface area contributed by atoms with Crippen LogP contribution >= 0.6 is 11.3 Å². The fraction of sp³-hybridized carbons (Fsp3) is 0.222. The van der Waals surface area contributed by atoms with E-state index in [4.69, 9.17) is 4.74 Å². The highest BCUT2D eigenvalue weighted by atomic mass is 35.5. The summed E-state index contributed by atoms with van der Waals surface area (Å²) in [6.07, 6.45) is 0. The van der Waals surface area contributed by atoms with Crippen LogP contribution in [0.4, 0.5) is 0 Å². The predicted molar refractivity (Wildman–Crippen MR) is 90.0 cm³/mol. The minimum absolute atomic E-state index is 0. The monoisotopic (exact) mass is 332 g/mol. The van der Waals surface area contributed by atoms with Crippen molar-refractivity contribution in [2.45, 2.75) is 20.0 Å². The van der Waals surface area contributed by atoms with Crippen molar-refractivity contribution >= 4 is 22.1 Å². The van der Waals surface area contributed by atoms with E-state index >= 15 is 0 Å². The maximum absolute atomic E-state index is 5.80. The Hall–Kier alpha value is -1.55. The second-order valence-electron chi connectivity index (χ2n) is 4.88. The molecule has 0 atom stereocenters. The average molecular weight is 333 g/mol. The Labute approximate surface area is 141 Å². The van der Waals surface area contributed by atoms with Gasteiger partial charge in [-0.25, -0.2) is 0 Å². The topological polar surface area (TPSA) is 21.3 Å². The van der Waals surface area contributed by atoms with Gasteiger partial charge in [-0.2, -0.15) is 0 Å². The van der Waals surface area contributed by atoms with Crippen molar-refractivity contribution in [3.63, 3.8) is 0 Å². The third-order valence-corrected chi connectivity index (χ3v) is 4.35. The van der Waals surface area contributed by atoms with Gasteiger partial charge in [-0.05, 0) is 35.2 Å². The Morgan fingerprint density at radius 3 is 2.64 bits per heavy atom. The Morgan fingerprint density at radius 1 is 1.00 bits per heavy atom. The molecule has 22 heavy (non-hydrogen) atoms. The van der Waals surface area contributed by atoms with Crippen LogP contribution in [0.15, 0.2) is 53.9 Å². The lowest BCUT2D eigenvalue weighted by atomic mass is 10.0. The van der Waals surface area contributed by atoms with Crippen LogP contribution < -0.4 is 22.5 Å². The van der Waals surface area contributed by atoms with Gasteiger partial charge in [-0.3, -0.25) is 0 Å². The minimum Gasteiger partial charge on any atom is -1.00 e. The van der Waals surface area contributed by atoms with Crippen molar-refractivity contribution in [3.05, 3.63) is 64.4 Å². The van der Waals surface area contributed by atoms with E-state index < -0.39 is 0 Å². The molecule has 116 valence electrons. The molecule has 0 aliphatic heterocycles. The summed E-state index contributed by atoms with van der Waals surface area (Å²) in [6.45, 7) is 4.43. The highest BCUT2D eigenvalue weighted by Crippen LogP contribution is 2.28. The number of rotatable bonds is 6. The Morgan fingerprint density at radius 2 is 1.86 bits per heavy atom. The molecule has 0 spiro atoms. The number of thiophene rings is 1. The van der Waals surface area contributed by atoms with Gasteiger partial charge in [-0.1, -0.05) is 36.4 Å². The summed E-state index contributed by atoms with van der Waals surface area (Å²) < 4.78 is 5.80. The molecule has 2 nitrogen and oxygen atoms in total. The predicted octanol–water partition coefficient (Wildman–Crippen LogP) is 1.59. The summed E-state index contributed by atoms with van der Waals surface area (Å²) in [7, 11) is 0. The lowest BCUT2D eigenvalue weighted by Gasteiger charge is -2.14. The molecule has 0 radical (unpaired) electrons.